The zero-order valence-electron chi connectivity index (χ0n) is 10.7. The molecule has 6 heteroatoms. The summed E-state index contributed by atoms with van der Waals surface area (Å²) in [5.41, 5.74) is 7.31. The molecular formula is C13H14N4OS. The number of aryl methyl sites for hydroxylation is 1. The van der Waals surface area contributed by atoms with Crippen LogP contribution in [0.15, 0.2) is 30.3 Å². The number of amides is 1. The number of pyridine rings is 1. The summed E-state index contributed by atoms with van der Waals surface area (Å²) >= 11 is 4.90. The summed E-state index contributed by atoms with van der Waals surface area (Å²) in [7, 11) is 1.67. The minimum absolute atomic E-state index is 0.251. The molecule has 0 aliphatic rings. The molecule has 19 heavy (non-hydrogen) atoms. The van der Waals surface area contributed by atoms with Crippen LogP contribution in [0.3, 0.4) is 0 Å². The summed E-state index contributed by atoms with van der Waals surface area (Å²) in [6.45, 7) is 1.86. The third-order valence-electron chi connectivity index (χ3n) is 2.61. The van der Waals surface area contributed by atoms with E-state index >= 15 is 0 Å². The van der Waals surface area contributed by atoms with Crippen LogP contribution in [-0.4, -0.2) is 23.1 Å². The van der Waals surface area contributed by atoms with E-state index in [0.29, 0.717) is 10.7 Å². The Morgan fingerprint density at radius 2 is 2.00 bits per heavy atom. The Kier molecular flexibility index (Phi) is 3.91. The first-order valence-electron chi connectivity index (χ1n) is 5.76. The van der Waals surface area contributed by atoms with E-state index in [0.717, 1.165) is 16.6 Å². The fourth-order valence-electron chi connectivity index (χ4n) is 1.74. The number of fused-ring (bicyclic) bond motifs is 1. The fraction of sp³-hybridized carbons (Fsp3) is 0.154. The molecule has 1 heterocycles. The monoisotopic (exact) mass is 274 g/mol. The molecule has 0 atom stereocenters. The fourth-order valence-corrected chi connectivity index (χ4v) is 1.79. The van der Waals surface area contributed by atoms with Crippen LogP contribution >= 0.6 is 12.2 Å². The van der Waals surface area contributed by atoms with Crippen LogP contribution in [0.1, 0.15) is 16.1 Å². The topological polar surface area (TPSA) is 66.0 Å². The number of hydrogen-bond donors (Lipinski definition) is 3. The molecule has 98 valence electrons. The van der Waals surface area contributed by atoms with Gasteiger partial charge in [-0.25, -0.2) is 0 Å². The van der Waals surface area contributed by atoms with Crippen LogP contribution in [-0.2, 0) is 0 Å². The Hall–Kier alpha value is -2.21. The minimum Gasteiger partial charge on any atom is -0.364 e. The maximum Gasteiger partial charge on any atom is 0.270 e. The summed E-state index contributed by atoms with van der Waals surface area (Å²) in [4.78, 5) is 16.5. The normalized spacial score (nSPS) is 10.0. The molecule has 0 saturated carbocycles. The second-order valence-electron chi connectivity index (χ2n) is 3.99. The SMILES string of the molecule is CNC(=S)NNC(=O)c1cc(C)nc2ccccc12. The molecular weight excluding hydrogens is 260 g/mol. The van der Waals surface area contributed by atoms with Gasteiger partial charge in [0.15, 0.2) is 5.11 Å². The molecule has 5 nitrogen and oxygen atoms in total. The zero-order chi connectivity index (χ0) is 13.8. The Balaban J connectivity index is 2.33. The molecule has 2 aromatic rings. The van der Waals surface area contributed by atoms with Crippen molar-refractivity contribution in [3.05, 3.63) is 41.6 Å². The smallest absolute Gasteiger partial charge is 0.270 e. The maximum atomic E-state index is 12.1. The Morgan fingerprint density at radius 3 is 2.74 bits per heavy atom. The molecule has 0 spiro atoms. The number of benzene rings is 1. The van der Waals surface area contributed by atoms with Gasteiger partial charge in [0.2, 0.25) is 0 Å². The van der Waals surface area contributed by atoms with Crippen molar-refractivity contribution in [1.82, 2.24) is 21.2 Å². The number of rotatable bonds is 1. The highest BCUT2D eigenvalue weighted by Gasteiger charge is 2.11. The van der Waals surface area contributed by atoms with Gasteiger partial charge in [-0.1, -0.05) is 18.2 Å². The number of para-hydroxylation sites is 1. The lowest BCUT2D eigenvalue weighted by molar-refractivity contribution is 0.0945. The summed E-state index contributed by atoms with van der Waals surface area (Å²) in [6, 6.07) is 9.27. The van der Waals surface area contributed by atoms with Crippen molar-refractivity contribution in [1.29, 1.82) is 0 Å². The number of carbonyl (C=O) groups excluding carboxylic acids is 1. The second kappa shape index (κ2) is 5.62. The molecule has 0 fully saturated rings. The number of nitrogens with zero attached hydrogens (tertiary/aromatic N) is 1. The molecule has 0 unspecified atom stereocenters. The Bertz CT molecular complexity index is 642. The van der Waals surface area contributed by atoms with Gasteiger partial charge in [0.25, 0.3) is 5.91 Å². The number of thiocarbonyl (C=S) groups is 1. The summed E-state index contributed by atoms with van der Waals surface area (Å²) in [5.74, 6) is -0.251. The van der Waals surface area contributed by atoms with Crippen molar-refractivity contribution in [3.63, 3.8) is 0 Å². The molecule has 0 aliphatic heterocycles. The molecule has 3 N–H and O–H groups in total. The number of carbonyl (C=O) groups is 1. The molecule has 2 rings (SSSR count). The van der Waals surface area contributed by atoms with E-state index in [1.165, 1.54) is 0 Å². The number of aromatic nitrogens is 1. The highest BCUT2D eigenvalue weighted by molar-refractivity contribution is 7.80. The van der Waals surface area contributed by atoms with Gasteiger partial charge in [0.05, 0.1) is 11.1 Å². The van der Waals surface area contributed by atoms with E-state index in [9.17, 15) is 4.79 Å². The summed E-state index contributed by atoms with van der Waals surface area (Å²) in [5, 5.41) is 3.87. The van der Waals surface area contributed by atoms with Gasteiger partial charge in [0, 0.05) is 18.1 Å². The lowest BCUT2D eigenvalue weighted by Gasteiger charge is -2.11. The number of hydrogen-bond acceptors (Lipinski definition) is 3. The van der Waals surface area contributed by atoms with Crippen molar-refractivity contribution in [2.75, 3.05) is 7.05 Å². The van der Waals surface area contributed by atoms with Crippen LogP contribution in [0, 0.1) is 6.92 Å². The van der Waals surface area contributed by atoms with Crippen molar-refractivity contribution >= 4 is 34.1 Å². The van der Waals surface area contributed by atoms with Crippen molar-refractivity contribution in [2.24, 2.45) is 0 Å². The molecule has 0 aliphatic carbocycles. The lowest BCUT2D eigenvalue weighted by atomic mass is 10.1. The van der Waals surface area contributed by atoms with Crippen LogP contribution in [0.2, 0.25) is 0 Å². The van der Waals surface area contributed by atoms with E-state index in [1.807, 2.05) is 31.2 Å². The predicted molar refractivity (Wildman–Crippen MR) is 78.7 cm³/mol. The van der Waals surface area contributed by atoms with E-state index in [-0.39, 0.29) is 5.91 Å². The predicted octanol–water partition coefficient (Wildman–Crippen LogP) is 1.28. The van der Waals surface area contributed by atoms with Gasteiger partial charge in [0.1, 0.15) is 0 Å². The third-order valence-corrected chi connectivity index (χ3v) is 2.91. The molecule has 0 bridgehead atoms. The quantitative estimate of drug-likeness (QED) is 0.540. The molecule has 1 aromatic carbocycles. The largest absolute Gasteiger partial charge is 0.364 e. The summed E-state index contributed by atoms with van der Waals surface area (Å²) < 4.78 is 0. The molecule has 1 aromatic heterocycles. The van der Waals surface area contributed by atoms with Crippen LogP contribution in [0.5, 0.6) is 0 Å². The molecule has 0 radical (unpaired) electrons. The lowest BCUT2D eigenvalue weighted by Crippen LogP contribution is -2.45. The van der Waals surface area contributed by atoms with Crippen LogP contribution in [0.25, 0.3) is 10.9 Å². The average molecular weight is 274 g/mol. The third kappa shape index (κ3) is 2.97. The van der Waals surface area contributed by atoms with E-state index in [1.54, 1.807) is 13.1 Å². The van der Waals surface area contributed by atoms with Crippen LogP contribution in [0.4, 0.5) is 0 Å². The first-order valence-corrected chi connectivity index (χ1v) is 6.17. The second-order valence-corrected chi connectivity index (χ2v) is 4.39. The Labute approximate surface area is 116 Å². The molecule has 0 saturated heterocycles. The van der Waals surface area contributed by atoms with Crippen LogP contribution < -0.4 is 16.2 Å². The van der Waals surface area contributed by atoms with Gasteiger partial charge in [-0.2, -0.15) is 0 Å². The first kappa shape index (κ1) is 13.2. The van der Waals surface area contributed by atoms with E-state index in [4.69, 9.17) is 12.2 Å². The first-order chi connectivity index (χ1) is 9.11. The van der Waals surface area contributed by atoms with E-state index in [2.05, 4.69) is 21.2 Å². The van der Waals surface area contributed by atoms with Crippen molar-refractivity contribution in [3.8, 4) is 0 Å². The highest BCUT2D eigenvalue weighted by atomic mass is 32.1. The van der Waals surface area contributed by atoms with Gasteiger partial charge >= 0.3 is 0 Å². The standard InChI is InChI=1S/C13H14N4OS/c1-8-7-10(12(18)16-17-13(19)14-2)9-5-3-4-6-11(9)15-8/h3-7H,1-2H3,(H,16,18)(H2,14,17,19). The van der Waals surface area contributed by atoms with Gasteiger partial charge in [-0.05, 0) is 31.3 Å². The average Bonchev–Trinajstić information content (AvgIpc) is 2.43. The zero-order valence-corrected chi connectivity index (χ0v) is 11.5. The maximum absolute atomic E-state index is 12.1. The Morgan fingerprint density at radius 1 is 1.26 bits per heavy atom. The van der Waals surface area contributed by atoms with Crippen molar-refractivity contribution in [2.45, 2.75) is 6.92 Å². The van der Waals surface area contributed by atoms with Gasteiger partial charge < -0.3 is 5.32 Å². The van der Waals surface area contributed by atoms with Gasteiger partial charge in [-0.15, -0.1) is 0 Å². The summed E-state index contributed by atoms with van der Waals surface area (Å²) in [6.07, 6.45) is 0. The number of nitrogens with one attached hydrogen (secondary N) is 3. The molecule has 1 amide bonds. The van der Waals surface area contributed by atoms with Crippen molar-refractivity contribution < 1.29 is 4.79 Å². The highest BCUT2D eigenvalue weighted by Crippen LogP contribution is 2.17. The van der Waals surface area contributed by atoms with E-state index < -0.39 is 0 Å². The van der Waals surface area contributed by atoms with Gasteiger partial charge in [-0.3, -0.25) is 20.6 Å². The number of hydrazine groups is 1. The minimum atomic E-state index is -0.251.